The van der Waals surface area contributed by atoms with Crippen LogP contribution in [-0.2, 0) is 13.1 Å². The normalized spacial score (nSPS) is 13.9. The molecule has 2 aromatic heterocycles. The molecule has 7 nitrogen and oxygen atoms in total. The van der Waals surface area contributed by atoms with Crippen LogP contribution in [0, 0.1) is 12.7 Å². The molecule has 0 radical (unpaired) electrons. The summed E-state index contributed by atoms with van der Waals surface area (Å²) in [6, 6.07) is 9.71. The summed E-state index contributed by atoms with van der Waals surface area (Å²) in [6.07, 6.45) is 1.63. The van der Waals surface area contributed by atoms with Crippen molar-refractivity contribution in [2.45, 2.75) is 20.0 Å². The molecule has 1 aliphatic heterocycles. The lowest BCUT2D eigenvalue weighted by atomic mass is 10.2. The zero-order valence-electron chi connectivity index (χ0n) is 15.8. The lowest BCUT2D eigenvalue weighted by molar-refractivity contribution is 0.0954. The molecule has 4 rings (SSSR count). The second-order valence-corrected chi connectivity index (χ2v) is 7.87. The Balaban J connectivity index is 1.42. The Morgan fingerprint density at radius 2 is 2.07 bits per heavy atom. The molecule has 1 fully saturated rings. The van der Waals surface area contributed by atoms with E-state index in [0.717, 1.165) is 21.8 Å². The number of aromatic nitrogens is 2. The van der Waals surface area contributed by atoms with Gasteiger partial charge in [0.05, 0.1) is 17.1 Å². The van der Waals surface area contributed by atoms with Gasteiger partial charge in [0.25, 0.3) is 5.91 Å². The number of nitrogens with one attached hydrogen (secondary N) is 2. The third kappa shape index (κ3) is 4.14. The van der Waals surface area contributed by atoms with Crippen LogP contribution < -0.4 is 10.2 Å². The van der Waals surface area contributed by atoms with Gasteiger partial charge in [0.1, 0.15) is 10.8 Å². The molecule has 0 bridgehead atoms. The first-order valence-electron chi connectivity index (χ1n) is 9.19. The Morgan fingerprint density at radius 3 is 2.79 bits per heavy atom. The monoisotopic (exact) mass is 413 g/mol. The van der Waals surface area contributed by atoms with Gasteiger partial charge in [-0.3, -0.25) is 14.8 Å². The summed E-state index contributed by atoms with van der Waals surface area (Å²) in [7, 11) is 0. The van der Waals surface area contributed by atoms with Gasteiger partial charge in [-0.15, -0.1) is 11.3 Å². The number of aromatic amines is 1. The number of halogens is 1. The Kier molecular flexibility index (Phi) is 5.30. The van der Waals surface area contributed by atoms with Gasteiger partial charge in [0.15, 0.2) is 0 Å². The third-order valence-corrected chi connectivity index (χ3v) is 6.02. The van der Waals surface area contributed by atoms with Gasteiger partial charge in [-0.2, -0.15) is 5.10 Å². The van der Waals surface area contributed by atoms with E-state index in [-0.39, 0.29) is 17.8 Å². The fourth-order valence-electron chi connectivity index (χ4n) is 3.21. The minimum absolute atomic E-state index is 0.111. The van der Waals surface area contributed by atoms with Crippen LogP contribution in [0.25, 0.3) is 0 Å². The van der Waals surface area contributed by atoms with E-state index in [0.29, 0.717) is 31.1 Å². The number of amides is 3. The van der Waals surface area contributed by atoms with Crippen molar-refractivity contribution < 1.29 is 14.0 Å². The zero-order valence-corrected chi connectivity index (χ0v) is 16.6. The molecule has 9 heteroatoms. The van der Waals surface area contributed by atoms with E-state index in [4.69, 9.17) is 0 Å². The van der Waals surface area contributed by atoms with Crippen molar-refractivity contribution in [1.82, 2.24) is 20.4 Å². The molecule has 0 atom stereocenters. The van der Waals surface area contributed by atoms with Gasteiger partial charge >= 0.3 is 6.03 Å². The second-order valence-electron chi connectivity index (χ2n) is 6.84. The van der Waals surface area contributed by atoms with Gasteiger partial charge in [-0.1, -0.05) is 12.1 Å². The van der Waals surface area contributed by atoms with E-state index >= 15 is 0 Å². The SMILES string of the molecule is Cc1cc(N2CCN(Cc3ccc(F)cc3)C2=O)sc1C(=O)NCc1ccn[nH]1. The molecule has 1 aromatic carbocycles. The van der Waals surface area contributed by atoms with Crippen molar-refractivity contribution in [2.75, 3.05) is 18.0 Å². The maximum absolute atomic E-state index is 13.1. The predicted molar refractivity (Wildman–Crippen MR) is 108 cm³/mol. The van der Waals surface area contributed by atoms with Crippen LogP contribution in [0.5, 0.6) is 0 Å². The van der Waals surface area contributed by atoms with Crippen LogP contribution in [0.15, 0.2) is 42.6 Å². The standard InChI is InChI=1S/C20H20FN5O2S/c1-13-10-17(29-18(13)19(27)22-11-16-6-7-23-24-16)26-9-8-25(20(26)28)12-14-2-4-15(21)5-3-14/h2-7,10H,8-9,11-12H2,1H3,(H,22,27)(H,23,24). The van der Waals surface area contributed by atoms with Crippen LogP contribution in [0.3, 0.4) is 0 Å². The fraction of sp³-hybridized carbons (Fsp3) is 0.250. The first-order valence-corrected chi connectivity index (χ1v) is 10.0. The van der Waals surface area contributed by atoms with Crippen molar-refractivity contribution in [1.29, 1.82) is 0 Å². The lowest BCUT2D eigenvalue weighted by Crippen LogP contribution is -2.31. The summed E-state index contributed by atoms with van der Waals surface area (Å²) in [6.45, 7) is 3.78. The summed E-state index contributed by atoms with van der Waals surface area (Å²) in [4.78, 5) is 29.3. The van der Waals surface area contributed by atoms with E-state index in [1.54, 1.807) is 34.2 Å². The minimum atomic E-state index is -0.296. The second kappa shape index (κ2) is 8.04. The van der Waals surface area contributed by atoms with E-state index in [2.05, 4.69) is 15.5 Å². The lowest BCUT2D eigenvalue weighted by Gasteiger charge is -2.17. The highest BCUT2D eigenvalue weighted by Gasteiger charge is 2.31. The summed E-state index contributed by atoms with van der Waals surface area (Å²) in [5.74, 6) is -0.473. The smallest absolute Gasteiger partial charge is 0.325 e. The van der Waals surface area contributed by atoms with Crippen molar-refractivity contribution >= 4 is 28.3 Å². The number of anilines is 1. The minimum Gasteiger partial charge on any atom is -0.346 e. The van der Waals surface area contributed by atoms with Crippen LogP contribution >= 0.6 is 11.3 Å². The summed E-state index contributed by atoms with van der Waals surface area (Å²) < 4.78 is 13.1. The van der Waals surface area contributed by atoms with Gasteiger partial charge in [-0.25, -0.2) is 9.18 Å². The largest absolute Gasteiger partial charge is 0.346 e. The number of benzene rings is 1. The summed E-state index contributed by atoms with van der Waals surface area (Å²) >= 11 is 1.31. The van der Waals surface area contributed by atoms with Crippen LogP contribution in [0.2, 0.25) is 0 Å². The highest BCUT2D eigenvalue weighted by atomic mass is 32.1. The van der Waals surface area contributed by atoms with Crippen LogP contribution in [-0.4, -0.2) is 40.1 Å². The first kappa shape index (κ1) is 19.1. The highest BCUT2D eigenvalue weighted by Crippen LogP contribution is 2.32. The molecule has 0 aliphatic carbocycles. The Labute approximate surface area is 171 Å². The fourth-order valence-corrected chi connectivity index (χ4v) is 4.32. The molecule has 150 valence electrons. The molecule has 3 aromatic rings. The topological polar surface area (TPSA) is 81.3 Å². The molecule has 0 spiro atoms. The Hall–Kier alpha value is -3.20. The number of hydrogen-bond donors (Lipinski definition) is 2. The molecule has 1 aliphatic rings. The first-order chi connectivity index (χ1) is 14.0. The van der Waals surface area contributed by atoms with E-state index < -0.39 is 0 Å². The van der Waals surface area contributed by atoms with Crippen molar-refractivity contribution in [2.24, 2.45) is 0 Å². The number of nitrogens with zero attached hydrogens (tertiary/aromatic N) is 3. The highest BCUT2D eigenvalue weighted by molar-refractivity contribution is 7.18. The number of carbonyl (C=O) groups is 2. The predicted octanol–water partition coefficient (Wildman–Crippen LogP) is 3.29. The summed E-state index contributed by atoms with van der Waals surface area (Å²) in [5.41, 5.74) is 2.53. The van der Waals surface area contributed by atoms with Crippen LogP contribution in [0.1, 0.15) is 26.5 Å². The molecular formula is C20H20FN5O2S. The quantitative estimate of drug-likeness (QED) is 0.651. The number of carbonyl (C=O) groups excluding carboxylic acids is 2. The molecular weight excluding hydrogens is 393 g/mol. The van der Waals surface area contributed by atoms with Gasteiger partial charge in [0.2, 0.25) is 0 Å². The van der Waals surface area contributed by atoms with Crippen molar-refractivity contribution in [3.05, 3.63) is 70.1 Å². The number of urea groups is 1. The maximum atomic E-state index is 13.1. The number of rotatable bonds is 6. The Morgan fingerprint density at radius 1 is 1.28 bits per heavy atom. The number of hydrogen-bond acceptors (Lipinski definition) is 4. The molecule has 0 saturated carbocycles. The van der Waals surface area contributed by atoms with Crippen molar-refractivity contribution in [3.8, 4) is 0 Å². The van der Waals surface area contributed by atoms with Gasteiger partial charge in [0, 0.05) is 25.8 Å². The Bertz CT molecular complexity index is 1020. The number of aryl methyl sites for hydroxylation is 1. The molecule has 0 unspecified atom stereocenters. The average Bonchev–Trinajstić information content (AvgIpc) is 3.43. The molecule has 29 heavy (non-hydrogen) atoms. The molecule has 3 amide bonds. The van der Waals surface area contributed by atoms with E-state index in [1.165, 1.54) is 23.5 Å². The molecule has 1 saturated heterocycles. The summed E-state index contributed by atoms with van der Waals surface area (Å²) in [5, 5.41) is 10.3. The molecule has 3 heterocycles. The third-order valence-electron chi connectivity index (χ3n) is 4.76. The van der Waals surface area contributed by atoms with Crippen molar-refractivity contribution in [3.63, 3.8) is 0 Å². The van der Waals surface area contributed by atoms with E-state index in [9.17, 15) is 14.0 Å². The number of thiophene rings is 1. The van der Waals surface area contributed by atoms with Crippen LogP contribution in [0.4, 0.5) is 14.2 Å². The maximum Gasteiger partial charge on any atom is 0.325 e. The molecule has 2 N–H and O–H groups in total. The van der Waals surface area contributed by atoms with Gasteiger partial charge < -0.3 is 10.2 Å². The zero-order chi connectivity index (χ0) is 20.4. The van der Waals surface area contributed by atoms with Gasteiger partial charge in [-0.05, 0) is 42.3 Å². The average molecular weight is 413 g/mol. The van der Waals surface area contributed by atoms with E-state index in [1.807, 2.05) is 13.0 Å². The number of H-pyrrole nitrogens is 1.